The van der Waals surface area contributed by atoms with Crippen molar-refractivity contribution in [3.8, 4) is 0 Å². The number of benzene rings is 5. The first-order valence-corrected chi connectivity index (χ1v) is 20.5. The van der Waals surface area contributed by atoms with Gasteiger partial charge in [-0.25, -0.2) is 0 Å². The van der Waals surface area contributed by atoms with Gasteiger partial charge >= 0.3 is 0 Å². The van der Waals surface area contributed by atoms with Crippen molar-refractivity contribution in [3.05, 3.63) is 179 Å². The van der Waals surface area contributed by atoms with Gasteiger partial charge in [-0.05, 0) is 28.7 Å². The summed E-state index contributed by atoms with van der Waals surface area (Å²) in [6, 6.07) is 49.7. The highest BCUT2D eigenvalue weighted by Crippen LogP contribution is 2.41. The topological polar surface area (TPSA) is 103 Å². The third kappa shape index (κ3) is 10.7. The lowest BCUT2D eigenvalue weighted by Crippen LogP contribution is -2.65. The van der Waals surface area contributed by atoms with Gasteiger partial charge in [0.25, 0.3) is 0 Å². The maximum absolute atomic E-state index is 12.4. The maximum Gasteiger partial charge on any atom is 0.186 e. The molecule has 3 fully saturated rings. The van der Waals surface area contributed by atoms with Crippen molar-refractivity contribution >= 4 is 0 Å². The van der Waals surface area contributed by atoms with Gasteiger partial charge in [0.2, 0.25) is 0 Å². The molecule has 8 rings (SSSR count). The third-order valence-electron chi connectivity index (χ3n) is 11.3. The number of rotatable bonds is 17. The Labute approximate surface area is 346 Å². The van der Waals surface area contributed by atoms with E-state index in [-0.39, 0.29) is 25.7 Å². The van der Waals surface area contributed by atoms with E-state index in [1.165, 1.54) is 0 Å². The Morgan fingerprint density at radius 2 is 1.05 bits per heavy atom. The minimum absolute atomic E-state index is 0.137. The predicted molar refractivity (Wildman–Crippen MR) is 220 cm³/mol. The van der Waals surface area contributed by atoms with Crippen LogP contribution in [0.3, 0.4) is 0 Å². The standard InChI is InChI=1S/C49H54O10/c1-51-49-47(55-31-37-23-13-5-14-24-37)46(54-30-36-21-11-4-12-22-36)44(41(58-49)33-52-28-34-17-7-2-8-18-34)57-40-27-39-32-56-48(38-25-15-6-16-26-38)59-43(39)45(42(40)50)53-29-35-19-9-3-10-20-35/h2-26,39-50H,27-33H2,1H3/t39-,40+,41-,42-,43-,44-,45-,46+,47-,48-,49-/m1/s1. The molecular weight excluding hydrogens is 749 g/mol. The molecule has 2 saturated heterocycles. The number of ether oxygens (including phenoxy) is 9. The average molecular weight is 803 g/mol. The lowest BCUT2D eigenvalue weighted by atomic mass is 9.80. The van der Waals surface area contributed by atoms with Crippen LogP contribution in [0.15, 0.2) is 152 Å². The minimum atomic E-state index is -1.07. The van der Waals surface area contributed by atoms with Crippen LogP contribution < -0.4 is 0 Å². The molecule has 3 aliphatic rings. The Morgan fingerprint density at radius 1 is 0.559 bits per heavy atom. The van der Waals surface area contributed by atoms with Crippen LogP contribution in [0.1, 0.15) is 40.5 Å². The van der Waals surface area contributed by atoms with Crippen LogP contribution in [0, 0.1) is 5.92 Å². The molecule has 0 amide bonds. The number of aliphatic hydroxyl groups is 1. The molecule has 0 radical (unpaired) electrons. The van der Waals surface area contributed by atoms with Gasteiger partial charge in [0.1, 0.15) is 36.6 Å². The first kappa shape index (κ1) is 41.4. The smallest absolute Gasteiger partial charge is 0.186 e. The van der Waals surface area contributed by atoms with Gasteiger partial charge in [-0.15, -0.1) is 0 Å². The molecule has 0 spiro atoms. The van der Waals surface area contributed by atoms with E-state index in [1.54, 1.807) is 7.11 Å². The Hall–Kier alpha value is -4.30. The molecule has 2 heterocycles. The monoisotopic (exact) mass is 802 g/mol. The number of fused-ring (bicyclic) bond motifs is 1. The Kier molecular flexibility index (Phi) is 14.6. The molecule has 0 aromatic heterocycles. The lowest BCUT2D eigenvalue weighted by Gasteiger charge is -2.51. The van der Waals surface area contributed by atoms with Crippen LogP contribution in [-0.2, 0) is 69.1 Å². The third-order valence-corrected chi connectivity index (χ3v) is 11.3. The highest BCUT2D eigenvalue weighted by Gasteiger charge is 2.54. The molecular formula is C49H54O10. The van der Waals surface area contributed by atoms with E-state index < -0.39 is 61.4 Å². The molecule has 2 aliphatic heterocycles. The fraction of sp³-hybridized carbons (Fsp3) is 0.388. The zero-order valence-electron chi connectivity index (χ0n) is 33.4. The number of hydrogen-bond acceptors (Lipinski definition) is 10. The van der Waals surface area contributed by atoms with Crippen molar-refractivity contribution in [2.75, 3.05) is 20.3 Å². The molecule has 0 bridgehead atoms. The molecule has 11 atom stereocenters. The summed E-state index contributed by atoms with van der Waals surface area (Å²) in [7, 11) is 1.60. The van der Waals surface area contributed by atoms with Crippen LogP contribution in [0.25, 0.3) is 0 Å². The zero-order valence-corrected chi connectivity index (χ0v) is 33.4. The van der Waals surface area contributed by atoms with Crippen molar-refractivity contribution in [3.63, 3.8) is 0 Å². The second-order valence-corrected chi connectivity index (χ2v) is 15.4. The highest BCUT2D eigenvalue weighted by atomic mass is 16.7. The summed E-state index contributed by atoms with van der Waals surface area (Å²) in [5.41, 5.74) is 4.91. The lowest BCUT2D eigenvalue weighted by molar-refractivity contribution is -0.342. The quantitative estimate of drug-likeness (QED) is 0.101. The molecule has 5 aromatic rings. The summed E-state index contributed by atoms with van der Waals surface area (Å²) in [4.78, 5) is 0. The highest BCUT2D eigenvalue weighted by molar-refractivity contribution is 5.18. The van der Waals surface area contributed by atoms with E-state index in [9.17, 15) is 5.11 Å². The van der Waals surface area contributed by atoms with Crippen LogP contribution in [-0.4, -0.2) is 80.6 Å². The van der Waals surface area contributed by atoms with Crippen molar-refractivity contribution in [1.29, 1.82) is 0 Å². The second-order valence-electron chi connectivity index (χ2n) is 15.4. The van der Waals surface area contributed by atoms with Gasteiger partial charge in [0, 0.05) is 18.6 Å². The molecule has 1 aliphatic carbocycles. The van der Waals surface area contributed by atoms with Crippen molar-refractivity contribution in [1.82, 2.24) is 0 Å². The maximum atomic E-state index is 12.4. The normalized spacial score (nSPS) is 29.4. The van der Waals surface area contributed by atoms with Gasteiger partial charge in [-0.2, -0.15) is 0 Å². The molecule has 310 valence electrons. The number of methoxy groups -OCH3 is 1. The summed E-state index contributed by atoms with van der Waals surface area (Å²) in [6.07, 6.45) is -6.72. The molecule has 1 N–H and O–H groups in total. The molecule has 1 saturated carbocycles. The molecule has 5 aromatic carbocycles. The Bertz CT molecular complexity index is 1940. The molecule has 10 heteroatoms. The van der Waals surface area contributed by atoms with E-state index in [0.717, 1.165) is 27.8 Å². The number of hydrogen-bond donors (Lipinski definition) is 1. The summed E-state index contributed by atoms with van der Waals surface area (Å²) < 4.78 is 59.4. The second kappa shape index (κ2) is 20.8. The van der Waals surface area contributed by atoms with Crippen LogP contribution in [0.4, 0.5) is 0 Å². The van der Waals surface area contributed by atoms with E-state index in [1.807, 2.05) is 152 Å². The molecule has 0 unspecified atom stereocenters. The van der Waals surface area contributed by atoms with Gasteiger partial charge in [0.15, 0.2) is 12.6 Å². The Morgan fingerprint density at radius 3 is 1.59 bits per heavy atom. The summed E-state index contributed by atoms with van der Waals surface area (Å²) >= 11 is 0. The summed E-state index contributed by atoms with van der Waals surface area (Å²) in [5.74, 6) is -0.137. The van der Waals surface area contributed by atoms with Crippen molar-refractivity contribution in [2.45, 2.75) is 94.3 Å². The van der Waals surface area contributed by atoms with Crippen LogP contribution in [0.2, 0.25) is 0 Å². The largest absolute Gasteiger partial charge is 0.388 e. The number of aliphatic hydroxyl groups excluding tert-OH is 1. The predicted octanol–water partition coefficient (Wildman–Crippen LogP) is 7.58. The molecule has 59 heavy (non-hydrogen) atoms. The summed E-state index contributed by atoms with van der Waals surface area (Å²) in [6.45, 7) is 1.81. The van der Waals surface area contributed by atoms with Crippen molar-refractivity contribution < 1.29 is 47.7 Å². The Balaban J connectivity index is 1.09. The van der Waals surface area contributed by atoms with E-state index in [0.29, 0.717) is 26.2 Å². The first-order valence-electron chi connectivity index (χ1n) is 20.5. The molecule has 10 nitrogen and oxygen atoms in total. The summed E-state index contributed by atoms with van der Waals surface area (Å²) in [5, 5.41) is 12.4. The van der Waals surface area contributed by atoms with E-state index >= 15 is 0 Å². The van der Waals surface area contributed by atoms with Gasteiger partial charge in [-0.3, -0.25) is 0 Å². The fourth-order valence-electron chi connectivity index (χ4n) is 8.21. The van der Waals surface area contributed by atoms with Gasteiger partial charge in [0.05, 0.1) is 51.8 Å². The van der Waals surface area contributed by atoms with Crippen LogP contribution in [0.5, 0.6) is 0 Å². The average Bonchev–Trinajstić information content (AvgIpc) is 3.29. The van der Waals surface area contributed by atoms with Crippen LogP contribution >= 0.6 is 0 Å². The van der Waals surface area contributed by atoms with E-state index in [4.69, 9.17) is 42.6 Å². The van der Waals surface area contributed by atoms with Gasteiger partial charge in [-0.1, -0.05) is 152 Å². The SMILES string of the molecule is CO[C@@H]1O[C@H](COCc2ccccc2)[C@@H](O[C@H]2C[C@@H]3CO[C@@H](c4ccccc4)O[C@H]3[C@H](OCc3ccccc3)[C@@H]2O)[C@H](OCc2ccccc2)[C@H]1OCc1ccccc1. The van der Waals surface area contributed by atoms with Crippen molar-refractivity contribution in [2.24, 2.45) is 5.92 Å². The minimum Gasteiger partial charge on any atom is -0.388 e. The first-order chi connectivity index (χ1) is 29.1. The fourth-order valence-corrected chi connectivity index (χ4v) is 8.21. The zero-order chi connectivity index (χ0) is 40.2. The van der Waals surface area contributed by atoms with E-state index in [2.05, 4.69) is 0 Å². The van der Waals surface area contributed by atoms with Gasteiger partial charge < -0.3 is 47.7 Å².